The predicted octanol–water partition coefficient (Wildman–Crippen LogP) is 1.28. The topological polar surface area (TPSA) is 96.0 Å². The zero-order valence-corrected chi connectivity index (χ0v) is 14.4. The van der Waals surface area contributed by atoms with Crippen molar-refractivity contribution in [1.29, 1.82) is 0 Å². The first kappa shape index (κ1) is 17.3. The van der Waals surface area contributed by atoms with Crippen molar-refractivity contribution in [2.75, 3.05) is 25.5 Å². The number of amides is 4. The highest BCUT2D eigenvalue weighted by molar-refractivity contribution is 8.15. The van der Waals surface area contributed by atoms with E-state index in [-0.39, 0.29) is 37.7 Å². The number of thioether (sulfide) groups is 1. The summed E-state index contributed by atoms with van der Waals surface area (Å²) in [5.41, 5.74) is 0.607. The molecule has 2 saturated heterocycles. The van der Waals surface area contributed by atoms with Crippen molar-refractivity contribution in [3.8, 4) is 5.75 Å². The molecule has 0 aromatic heterocycles. The van der Waals surface area contributed by atoms with Crippen LogP contribution in [-0.2, 0) is 14.4 Å². The maximum atomic E-state index is 12.5. The Kier molecular flexibility index (Phi) is 4.93. The normalized spacial score (nSPS) is 20.6. The van der Waals surface area contributed by atoms with Crippen LogP contribution in [0.25, 0.3) is 0 Å². The highest BCUT2D eigenvalue weighted by Gasteiger charge is 2.40. The van der Waals surface area contributed by atoms with E-state index < -0.39 is 16.5 Å². The second-order valence-corrected chi connectivity index (χ2v) is 6.59. The fourth-order valence-corrected chi connectivity index (χ4v) is 3.64. The molecule has 132 valence electrons. The van der Waals surface area contributed by atoms with Crippen molar-refractivity contribution in [3.63, 3.8) is 0 Å². The van der Waals surface area contributed by atoms with Gasteiger partial charge in [0.15, 0.2) is 5.37 Å². The fraction of sp³-hybridized carbons (Fsp3) is 0.375. The molecular weight excluding hydrogens is 346 g/mol. The lowest BCUT2D eigenvalue weighted by Gasteiger charge is -2.19. The van der Waals surface area contributed by atoms with E-state index in [2.05, 4.69) is 5.32 Å². The van der Waals surface area contributed by atoms with E-state index in [1.54, 1.807) is 24.3 Å². The van der Waals surface area contributed by atoms with E-state index in [1.165, 1.54) is 7.11 Å². The Morgan fingerprint density at radius 2 is 1.72 bits per heavy atom. The van der Waals surface area contributed by atoms with Gasteiger partial charge in [0.2, 0.25) is 11.8 Å². The lowest BCUT2D eigenvalue weighted by atomic mass is 10.3. The second kappa shape index (κ2) is 7.14. The largest absolute Gasteiger partial charge is 0.495 e. The van der Waals surface area contributed by atoms with Gasteiger partial charge in [0, 0.05) is 25.9 Å². The van der Waals surface area contributed by atoms with Gasteiger partial charge in [-0.1, -0.05) is 12.1 Å². The van der Waals surface area contributed by atoms with Crippen molar-refractivity contribution >= 4 is 40.4 Å². The summed E-state index contributed by atoms with van der Waals surface area (Å²) in [5, 5.41) is 1.82. The summed E-state index contributed by atoms with van der Waals surface area (Å²) in [4.78, 5) is 50.0. The smallest absolute Gasteiger partial charge is 0.290 e. The lowest BCUT2D eigenvalue weighted by molar-refractivity contribution is -0.139. The number of carbonyl (C=O) groups excluding carboxylic acids is 4. The first-order chi connectivity index (χ1) is 12.0. The summed E-state index contributed by atoms with van der Waals surface area (Å²) in [7, 11) is 1.52. The van der Waals surface area contributed by atoms with Gasteiger partial charge < -0.3 is 10.1 Å². The molecule has 2 heterocycles. The number of likely N-dealkylation sites (tertiary alicyclic amines) is 1. The molecule has 0 aliphatic carbocycles. The first-order valence-corrected chi connectivity index (χ1v) is 8.64. The molecule has 1 aromatic rings. The van der Waals surface area contributed by atoms with E-state index in [0.29, 0.717) is 11.4 Å². The molecular formula is C16H17N3O5S. The summed E-state index contributed by atoms with van der Waals surface area (Å²) in [5.74, 6) is -0.365. The zero-order valence-electron chi connectivity index (χ0n) is 13.6. The lowest BCUT2D eigenvalue weighted by Crippen LogP contribution is -2.41. The molecule has 0 saturated carbocycles. The molecule has 0 unspecified atom stereocenters. The van der Waals surface area contributed by atoms with Gasteiger partial charge in [-0.3, -0.25) is 29.0 Å². The van der Waals surface area contributed by atoms with Gasteiger partial charge >= 0.3 is 0 Å². The minimum atomic E-state index is -0.770. The standard InChI is InChI=1S/C16H17N3O5S/c1-24-11-5-3-2-4-10(11)17-14-15(22)19(16(23)25-14)9-8-18-12(20)6-7-13(18)21/h2-5,14,17H,6-9H2,1H3/t14-/m0/s1. The quantitative estimate of drug-likeness (QED) is 0.761. The molecule has 25 heavy (non-hydrogen) atoms. The van der Waals surface area contributed by atoms with Crippen molar-refractivity contribution in [1.82, 2.24) is 9.80 Å². The second-order valence-electron chi connectivity index (χ2n) is 5.54. The van der Waals surface area contributed by atoms with Gasteiger partial charge in [-0.2, -0.15) is 0 Å². The third kappa shape index (κ3) is 3.46. The molecule has 4 amide bonds. The average molecular weight is 363 g/mol. The number of nitrogens with one attached hydrogen (secondary N) is 1. The number of carbonyl (C=O) groups is 4. The third-order valence-corrected chi connectivity index (χ3v) is 5.00. The van der Waals surface area contributed by atoms with Crippen molar-refractivity contribution in [3.05, 3.63) is 24.3 Å². The number of nitrogens with zero attached hydrogens (tertiary/aromatic N) is 2. The van der Waals surface area contributed by atoms with Crippen LogP contribution in [0.1, 0.15) is 12.8 Å². The van der Waals surface area contributed by atoms with Crippen LogP contribution >= 0.6 is 11.8 Å². The maximum absolute atomic E-state index is 12.5. The predicted molar refractivity (Wildman–Crippen MR) is 91.1 cm³/mol. The molecule has 3 rings (SSSR count). The molecule has 0 spiro atoms. The van der Waals surface area contributed by atoms with Gasteiger partial charge in [-0.05, 0) is 23.9 Å². The van der Waals surface area contributed by atoms with Gasteiger partial charge in [-0.25, -0.2) is 0 Å². The number of methoxy groups -OCH3 is 1. The number of benzene rings is 1. The molecule has 1 atom stereocenters. The summed E-state index contributed by atoms with van der Waals surface area (Å²) in [6.07, 6.45) is 0.376. The van der Waals surface area contributed by atoms with Gasteiger partial charge in [0.05, 0.1) is 12.8 Å². The molecule has 9 heteroatoms. The minimum absolute atomic E-state index is 0.00620. The van der Waals surface area contributed by atoms with Gasteiger partial charge in [0.1, 0.15) is 5.75 Å². The molecule has 0 bridgehead atoms. The SMILES string of the molecule is COc1ccccc1N[C@H]1SC(=O)N(CCN2C(=O)CCC2=O)C1=O. The zero-order chi connectivity index (χ0) is 18.0. The van der Waals surface area contributed by atoms with Crippen LogP contribution in [0.15, 0.2) is 24.3 Å². The van der Waals surface area contributed by atoms with Crippen LogP contribution in [0.2, 0.25) is 0 Å². The van der Waals surface area contributed by atoms with Crippen molar-refractivity contribution < 1.29 is 23.9 Å². The van der Waals surface area contributed by atoms with Crippen LogP contribution in [0, 0.1) is 0 Å². The summed E-state index contributed by atoms with van der Waals surface area (Å²) in [6.45, 7) is 0.0450. The number of anilines is 1. The Bertz CT molecular complexity index is 722. The Morgan fingerprint density at radius 1 is 1.08 bits per heavy atom. The average Bonchev–Trinajstić information content (AvgIpc) is 3.06. The van der Waals surface area contributed by atoms with E-state index in [4.69, 9.17) is 4.74 Å². The minimum Gasteiger partial charge on any atom is -0.495 e. The number of imide groups is 2. The Balaban J connectivity index is 1.64. The van der Waals surface area contributed by atoms with Gasteiger partial charge in [-0.15, -0.1) is 0 Å². The van der Waals surface area contributed by atoms with E-state index in [1.807, 2.05) is 0 Å². The third-order valence-electron chi connectivity index (χ3n) is 4.03. The number of hydrogen-bond donors (Lipinski definition) is 1. The number of hydrogen-bond acceptors (Lipinski definition) is 7. The van der Waals surface area contributed by atoms with Crippen LogP contribution < -0.4 is 10.1 Å². The maximum Gasteiger partial charge on any atom is 0.290 e. The molecule has 2 aliphatic rings. The number of rotatable bonds is 6. The van der Waals surface area contributed by atoms with E-state index in [9.17, 15) is 19.2 Å². The van der Waals surface area contributed by atoms with Gasteiger partial charge in [0.25, 0.3) is 11.1 Å². The van der Waals surface area contributed by atoms with Crippen molar-refractivity contribution in [2.24, 2.45) is 0 Å². The Hall–Kier alpha value is -2.55. The molecule has 1 aromatic carbocycles. The Labute approximate surface area is 148 Å². The molecule has 2 aliphatic heterocycles. The molecule has 8 nitrogen and oxygen atoms in total. The van der Waals surface area contributed by atoms with E-state index >= 15 is 0 Å². The highest BCUT2D eigenvalue weighted by atomic mass is 32.2. The monoisotopic (exact) mass is 363 g/mol. The highest BCUT2D eigenvalue weighted by Crippen LogP contribution is 2.31. The van der Waals surface area contributed by atoms with Crippen LogP contribution in [0.4, 0.5) is 10.5 Å². The van der Waals surface area contributed by atoms with Crippen molar-refractivity contribution in [2.45, 2.75) is 18.2 Å². The van der Waals surface area contributed by atoms with Crippen LogP contribution in [-0.4, -0.2) is 58.3 Å². The fourth-order valence-electron chi connectivity index (χ4n) is 2.72. The number of para-hydroxylation sites is 2. The summed E-state index contributed by atoms with van der Waals surface area (Å²) < 4.78 is 5.22. The Morgan fingerprint density at radius 3 is 2.40 bits per heavy atom. The molecule has 2 fully saturated rings. The summed E-state index contributed by atoms with van der Waals surface area (Å²) in [6, 6.07) is 7.09. The number of ether oxygens (including phenoxy) is 1. The van der Waals surface area contributed by atoms with Crippen LogP contribution in [0.3, 0.4) is 0 Å². The van der Waals surface area contributed by atoms with E-state index in [0.717, 1.165) is 21.6 Å². The molecule has 1 N–H and O–H groups in total. The summed E-state index contributed by atoms with van der Waals surface area (Å²) >= 11 is 0.862. The molecule has 0 radical (unpaired) electrons. The van der Waals surface area contributed by atoms with Crippen LogP contribution in [0.5, 0.6) is 5.75 Å². The first-order valence-electron chi connectivity index (χ1n) is 7.76.